The molecule has 1 aromatic heterocycles. The molecule has 1 amide bonds. The number of pyridine rings is 1. The number of amides is 1. The standard InChI is InChI=1S/C16H25N3O2/c1-15(2,3)12-8-11(9-13(17)18-12)14(20)19-16(4)6-5-7-21-10-16/h8-9H,5-7,10H2,1-4H3,(H2,17,18)(H,19,20). The number of nitrogens with two attached hydrogens (primary N) is 1. The van der Waals surface area contributed by atoms with Gasteiger partial charge >= 0.3 is 0 Å². The van der Waals surface area contributed by atoms with Gasteiger partial charge in [-0.2, -0.15) is 0 Å². The molecule has 1 fully saturated rings. The molecule has 3 N–H and O–H groups in total. The van der Waals surface area contributed by atoms with Crippen LogP contribution in [0.25, 0.3) is 0 Å². The highest BCUT2D eigenvalue weighted by Gasteiger charge is 2.30. The van der Waals surface area contributed by atoms with Crippen LogP contribution in [-0.4, -0.2) is 29.6 Å². The van der Waals surface area contributed by atoms with E-state index in [-0.39, 0.29) is 16.9 Å². The zero-order chi connectivity index (χ0) is 15.7. The van der Waals surface area contributed by atoms with Crippen molar-refractivity contribution in [2.24, 2.45) is 0 Å². The maximum Gasteiger partial charge on any atom is 0.251 e. The van der Waals surface area contributed by atoms with E-state index in [0.717, 1.165) is 25.1 Å². The average Bonchev–Trinajstić information content (AvgIpc) is 2.37. The van der Waals surface area contributed by atoms with E-state index in [1.54, 1.807) is 6.07 Å². The smallest absolute Gasteiger partial charge is 0.251 e. The fourth-order valence-electron chi connectivity index (χ4n) is 2.45. The first kappa shape index (κ1) is 15.8. The minimum Gasteiger partial charge on any atom is -0.384 e. The molecular weight excluding hydrogens is 266 g/mol. The van der Waals surface area contributed by atoms with Gasteiger partial charge in [-0.3, -0.25) is 4.79 Å². The summed E-state index contributed by atoms with van der Waals surface area (Å²) in [5.41, 5.74) is 6.76. The van der Waals surface area contributed by atoms with Crippen molar-refractivity contribution in [2.75, 3.05) is 18.9 Å². The molecule has 5 heteroatoms. The Morgan fingerprint density at radius 2 is 2.14 bits per heavy atom. The summed E-state index contributed by atoms with van der Waals surface area (Å²) in [6, 6.07) is 3.44. The molecule has 2 rings (SSSR count). The molecule has 116 valence electrons. The van der Waals surface area contributed by atoms with Gasteiger partial charge in [0.15, 0.2) is 0 Å². The second-order valence-corrected chi connectivity index (χ2v) is 7.09. The van der Waals surface area contributed by atoms with Gasteiger partial charge < -0.3 is 15.8 Å². The lowest BCUT2D eigenvalue weighted by Crippen LogP contribution is -2.51. The zero-order valence-electron chi connectivity index (χ0n) is 13.3. The Labute approximate surface area is 126 Å². The van der Waals surface area contributed by atoms with Crippen LogP contribution < -0.4 is 11.1 Å². The molecule has 0 bridgehead atoms. The second kappa shape index (κ2) is 5.64. The van der Waals surface area contributed by atoms with Crippen molar-refractivity contribution >= 4 is 11.7 Å². The molecule has 1 atom stereocenters. The van der Waals surface area contributed by atoms with Gasteiger partial charge in [0.1, 0.15) is 5.82 Å². The monoisotopic (exact) mass is 291 g/mol. The van der Waals surface area contributed by atoms with Crippen molar-refractivity contribution in [2.45, 2.75) is 51.5 Å². The zero-order valence-corrected chi connectivity index (χ0v) is 13.3. The molecule has 0 spiro atoms. The summed E-state index contributed by atoms with van der Waals surface area (Å²) >= 11 is 0. The second-order valence-electron chi connectivity index (χ2n) is 7.09. The number of nitrogen functional groups attached to an aromatic ring is 1. The highest BCUT2D eigenvalue weighted by molar-refractivity contribution is 5.95. The van der Waals surface area contributed by atoms with E-state index in [2.05, 4.69) is 10.3 Å². The molecule has 1 unspecified atom stereocenters. The van der Waals surface area contributed by atoms with Gasteiger partial charge in [-0.15, -0.1) is 0 Å². The Bertz CT molecular complexity index is 529. The fraction of sp³-hybridized carbons (Fsp3) is 0.625. The number of carbonyl (C=O) groups excluding carboxylic acids is 1. The lowest BCUT2D eigenvalue weighted by Gasteiger charge is -2.34. The van der Waals surface area contributed by atoms with Gasteiger partial charge in [0.2, 0.25) is 0 Å². The van der Waals surface area contributed by atoms with Crippen LogP contribution in [0.3, 0.4) is 0 Å². The van der Waals surface area contributed by atoms with E-state index in [1.165, 1.54) is 0 Å². The van der Waals surface area contributed by atoms with Crippen LogP contribution in [0.2, 0.25) is 0 Å². The van der Waals surface area contributed by atoms with Crippen LogP contribution in [0, 0.1) is 0 Å². The van der Waals surface area contributed by atoms with E-state index in [9.17, 15) is 4.79 Å². The molecule has 0 aromatic carbocycles. The summed E-state index contributed by atoms with van der Waals surface area (Å²) in [4.78, 5) is 16.8. The van der Waals surface area contributed by atoms with Crippen molar-refractivity contribution in [3.8, 4) is 0 Å². The van der Waals surface area contributed by atoms with Gasteiger partial charge in [-0.05, 0) is 31.9 Å². The van der Waals surface area contributed by atoms with Crippen LogP contribution in [0.15, 0.2) is 12.1 Å². The fourth-order valence-corrected chi connectivity index (χ4v) is 2.45. The Morgan fingerprint density at radius 3 is 2.71 bits per heavy atom. The van der Waals surface area contributed by atoms with Crippen LogP contribution in [0.5, 0.6) is 0 Å². The Morgan fingerprint density at radius 1 is 1.43 bits per heavy atom. The maximum absolute atomic E-state index is 12.5. The quantitative estimate of drug-likeness (QED) is 0.876. The normalized spacial score (nSPS) is 22.9. The van der Waals surface area contributed by atoms with Crippen LogP contribution in [0.1, 0.15) is 56.6 Å². The van der Waals surface area contributed by atoms with Gasteiger partial charge in [-0.1, -0.05) is 20.8 Å². The number of ether oxygens (including phenoxy) is 1. The van der Waals surface area contributed by atoms with Gasteiger partial charge in [0, 0.05) is 23.3 Å². The number of hydrogen-bond donors (Lipinski definition) is 2. The number of aromatic nitrogens is 1. The van der Waals surface area contributed by atoms with Crippen LogP contribution in [0.4, 0.5) is 5.82 Å². The molecule has 0 saturated carbocycles. The van der Waals surface area contributed by atoms with Crippen molar-refractivity contribution in [3.05, 3.63) is 23.4 Å². The number of nitrogens with one attached hydrogen (secondary N) is 1. The SMILES string of the molecule is CC1(NC(=O)c2cc(N)nc(C(C)(C)C)c2)CCCOC1. The molecule has 1 saturated heterocycles. The first-order valence-electron chi connectivity index (χ1n) is 7.38. The summed E-state index contributed by atoms with van der Waals surface area (Å²) in [6.07, 6.45) is 1.88. The average molecular weight is 291 g/mol. The number of rotatable bonds is 2. The molecule has 5 nitrogen and oxygen atoms in total. The van der Waals surface area contributed by atoms with Crippen molar-refractivity contribution in [3.63, 3.8) is 0 Å². The minimum atomic E-state index is -0.310. The third-order valence-electron chi connectivity index (χ3n) is 3.73. The Hall–Kier alpha value is -1.62. The van der Waals surface area contributed by atoms with Gasteiger partial charge in [0.25, 0.3) is 5.91 Å². The molecule has 1 aliphatic rings. The van der Waals surface area contributed by atoms with E-state index < -0.39 is 0 Å². The summed E-state index contributed by atoms with van der Waals surface area (Å²) < 4.78 is 5.47. The highest BCUT2D eigenvalue weighted by Crippen LogP contribution is 2.24. The summed E-state index contributed by atoms with van der Waals surface area (Å²) in [5, 5.41) is 3.07. The Balaban J connectivity index is 2.21. The number of carbonyl (C=O) groups is 1. The van der Waals surface area contributed by atoms with Crippen LogP contribution in [-0.2, 0) is 10.2 Å². The first-order valence-corrected chi connectivity index (χ1v) is 7.38. The minimum absolute atomic E-state index is 0.123. The van der Waals surface area contributed by atoms with Crippen LogP contribution >= 0.6 is 0 Å². The largest absolute Gasteiger partial charge is 0.384 e. The van der Waals surface area contributed by atoms with Crippen molar-refractivity contribution in [1.29, 1.82) is 0 Å². The van der Waals surface area contributed by atoms with E-state index in [4.69, 9.17) is 10.5 Å². The van der Waals surface area contributed by atoms with E-state index in [0.29, 0.717) is 18.0 Å². The molecule has 1 aliphatic heterocycles. The van der Waals surface area contributed by atoms with Gasteiger partial charge in [-0.25, -0.2) is 4.98 Å². The first-order chi connectivity index (χ1) is 9.70. The number of nitrogens with zero attached hydrogens (tertiary/aromatic N) is 1. The number of hydrogen-bond acceptors (Lipinski definition) is 4. The predicted octanol–water partition coefficient (Wildman–Crippen LogP) is 2.26. The van der Waals surface area contributed by atoms with Crippen molar-refractivity contribution < 1.29 is 9.53 Å². The molecular formula is C16H25N3O2. The molecule has 0 radical (unpaired) electrons. The maximum atomic E-state index is 12.5. The molecule has 2 heterocycles. The highest BCUT2D eigenvalue weighted by atomic mass is 16.5. The predicted molar refractivity (Wildman–Crippen MR) is 83.3 cm³/mol. The lowest BCUT2D eigenvalue weighted by molar-refractivity contribution is 0.0272. The lowest BCUT2D eigenvalue weighted by atomic mass is 9.90. The summed E-state index contributed by atoms with van der Waals surface area (Å²) in [5.74, 6) is 0.250. The summed E-state index contributed by atoms with van der Waals surface area (Å²) in [7, 11) is 0. The third kappa shape index (κ3) is 3.94. The van der Waals surface area contributed by atoms with Crippen molar-refractivity contribution in [1.82, 2.24) is 10.3 Å². The molecule has 1 aromatic rings. The number of anilines is 1. The molecule has 0 aliphatic carbocycles. The van der Waals surface area contributed by atoms with E-state index in [1.807, 2.05) is 33.8 Å². The summed E-state index contributed by atoms with van der Waals surface area (Å²) in [6.45, 7) is 9.47. The Kier molecular flexibility index (Phi) is 4.23. The van der Waals surface area contributed by atoms with Gasteiger partial charge in [0.05, 0.1) is 12.1 Å². The van der Waals surface area contributed by atoms with E-state index >= 15 is 0 Å². The molecule has 21 heavy (non-hydrogen) atoms. The topological polar surface area (TPSA) is 77.2 Å². The third-order valence-corrected chi connectivity index (χ3v) is 3.73.